The third-order valence-electron chi connectivity index (χ3n) is 3.18. The summed E-state index contributed by atoms with van der Waals surface area (Å²) in [6.07, 6.45) is 7.51. The predicted octanol–water partition coefficient (Wildman–Crippen LogP) is 1.13. The molecule has 6 heteroatoms. The number of carbonyl (C=O) groups excluding carboxylic acids is 1. The third kappa shape index (κ3) is 3.34. The van der Waals surface area contributed by atoms with Gasteiger partial charge in [-0.15, -0.1) is 0 Å². The van der Waals surface area contributed by atoms with E-state index < -0.39 is 0 Å². The summed E-state index contributed by atoms with van der Waals surface area (Å²) in [5.41, 5.74) is 2.96. The maximum Gasteiger partial charge on any atom is 0.244 e. The van der Waals surface area contributed by atoms with Crippen LogP contribution in [-0.4, -0.2) is 32.2 Å². The molecular formula is C14H19N5O. The third-order valence-corrected chi connectivity index (χ3v) is 3.18. The number of aryl methyl sites for hydroxylation is 2. The van der Waals surface area contributed by atoms with Gasteiger partial charge in [-0.3, -0.25) is 9.48 Å². The van der Waals surface area contributed by atoms with Gasteiger partial charge in [-0.1, -0.05) is 0 Å². The second-order valence-electron chi connectivity index (χ2n) is 4.62. The lowest BCUT2D eigenvalue weighted by Crippen LogP contribution is -2.23. The molecule has 2 aromatic rings. The highest BCUT2D eigenvalue weighted by Gasteiger charge is 2.06. The van der Waals surface area contributed by atoms with Crippen LogP contribution < -0.4 is 5.32 Å². The van der Waals surface area contributed by atoms with E-state index in [1.54, 1.807) is 24.5 Å². The fourth-order valence-corrected chi connectivity index (χ4v) is 1.99. The van der Waals surface area contributed by atoms with Gasteiger partial charge in [-0.05, 0) is 19.9 Å². The Kier molecular flexibility index (Phi) is 4.34. The molecule has 2 rings (SSSR count). The van der Waals surface area contributed by atoms with Crippen LogP contribution in [0.3, 0.4) is 0 Å². The van der Waals surface area contributed by atoms with E-state index in [2.05, 4.69) is 20.4 Å². The minimum atomic E-state index is -0.112. The quantitative estimate of drug-likeness (QED) is 0.802. The number of hydrogen-bond donors (Lipinski definition) is 2. The van der Waals surface area contributed by atoms with Crippen molar-refractivity contribution in [3.63, 3.8) is 0 Å². The number of aromatic nitrogens is 4. The molecule has 0 spiro atoms. The Morgan fingerprint density at radius 3 is 2.90 bits per heavy atom. The maximum atomic E-state index is 11.7. The van der Waals surface area contributed by atoms with E-state index in [0.29, 0.717) is 13.0 Å². The molecular weight excluding hydrogens is 254 g/mol. The molecule has 0 aliphatic rings. The molecule has 2 aromatic heterocycles. The molecule has 2 N–H and O–H groups in total. The summed E-state index contributed by atoms with van der Waals surface area (Å²) in [7, 11) is 1.89. The first kappa shape index (κ1) is 14.0. The van der Waals surface area contributed by atoms with Gasteiger partial charge < -0.3 is 10.3 Å². The van der Waals surface area contributed by atoms with Gasteiger partial charge in [0.25, 0.3) is 0 Å². The highest BCUT2D eigenvalue weighted by atomic mass is 16.1. The van der Waals surface area contributed by atoms with Crippen molar-refractivity contribution in [3.8, 4) is 0 Å². The van der Waals surface area contributed by atoms with Gasteiger partial charge in [0, 0.05) is 49.7 Å². The Hall–Kier alpha value is -2.37. The van der Waals surface area contributed by atoms with Crippen molar-refractivity contribution in [1.82, 2.24) is 25.1 Å². The summed E-state index contributed by atoms with van der Waals surface area (Å²) in [4.78, 5) is 18.8. The molecule has 6 nitrogen and oxygen atoms in total. The van der Waals surface area contributed by atoms with Gasteiger partial charge in [0.05, 0.1) is 5.69 Å². The van der Waals surface area contributed by atoms with E-state index in [1.165, 1.54) is 0 Å². The smallest absolute Gasteiger partial charge is 0.244 e. The molecule has 0 atom stereocenters. The Morgan fingerprint density at radius 1 is 1.50 bits per heavy atom. The Morgan fingerprint density at radius 2 is 2.30 bits per heavy atom. The molecule has 0 aliphatic carbocycles. The van der Waals surface area contributed by atoms with Gasteiger partial charge in [0.15, 0.2) is 0 Å². The summed E-state index contributed by atoms with van der Waals surface area (Å²) in [5, 5.41) is 7.13. The predicted molar refractivity (Wildman–Crippen MR) is 77.0 cm³/mol. The number of carbonyl (C=O) groups is 1. The monoisotopic (exact) mass is 273 g/mol. The second-order valence-corrected chi connectivity index (χ2v) is 4.62. The molecule has 106 valence electrons. The van der Waals surface area contributed by atoms with Crippen molar-refractivity contribution in [2.75, 3.05) is 6.54 Å². The molecule has 2 heterocycles. The molecule has 0 saturated heterocycles. The lowest BCUT2D eigenvalue weighted by molar-refractivity contribution is -0.116. The van der Waals surface area contributed by atoms with Gasteiger partial charge in [-0.2, -0.15) is 5.10 Å². The Labute approximate surface area is 117 Å². The average molecular weight is 273 g/mol. The summed E-state index contributed by atoms with van der Waals surface area (Å²) >= 11 is 0. The molecule has 0 fully saturated rings. The fourth-order valence-electron chi connectivity index (χ4n) is 1.99. The van der Waals surface area contributed by atoms with Crippen molar-refractivity contribution in [2.24, 2.45) is 7.05 Å². The second kappa shape index (κ2) is 6.18. The van der Waals surface area contributed by atoms with Crippen LogP contribution in [-0.2, 0) is 18.3 Å². The molecule has 0 unspecified atom stereocenters. The summed E-state index contributed by atoms with van der Waals surface area (Å²) in [6, 6.07) is 0. The number of H-pyrrole nitrogens is 1. The number of amides is 1. The van der Waals surface area contributed by atoms with Crippen LogP contribution in [0.25, 0.3) is 6.08 Å². The number of nitrogens with one attached hydrogen (secondary N) is 2. The van der Waals surface area contributed by atoms with Crippen LogP contribution in [0.2, 0.25) is 0 Å². The van der Waals surface area contributed by atoms with E-state index in [0.717, 1.165) is 22.8 Å². The Bertz CT molecular complexity index is 610. The van der Waals surface area contributed by atoms with Gasteiger partial charge in [0.2, 0.25) is 5.91 Å². The standard InChI is InChI=1S/C14H19N5O/c1-10-12(11(2)19(3)18-10)4-5-14(20)17-7-6-13-15-8-9-16-13/h4-5,8-9H,6-7H2,1-3H3,(H,15,16)(H,17,20)/b5-4+. The van der Waals surface area contributed by atoms with Crippen molar-refractivity contribution < 1.29 is 4.79 Å². The minimum absolute atomic E-state index is 0.112. The van der Waals surface area contributed by atoms with Crippen LogP contribution >= 0.6 is 0 Å². The highest BCUT2D eigenvalue weighted by Crippen LogP contribution is 2.13. The molecule has 0 aliphatic heterocycles. The van der Waals surface area contributed by atoms with Crippen LogP contribution in [0.15, 0.2) is 18.5 Å². The number of nitrogens with zero attached hydrogens (tertiary/aromatic N) is 3. The zero-order valence-electron chi connectivity index (χ0n) is 12.0. The highest BCUT2D eigenvalue weighted by molar-refractivity contribution is 5.91. The molecule has 0 saturated carbocycles. The maximum absolute atomic E-state index is 11.7. The average Bonchev–Trinajstić information content (AvgIpc) is 2.98. The first-order chi connectivity index (χ1) is 9.58. The lowest BCUT2D eigenvalue weighted by atomic mass is 10.2. The van der Waals surface area contributed by atoms with Crippen LogP contribution in [0.5, 0.6) is 0 Å². The number of hydrogen-bond acceptors (Lipinski definition) is 3. The zero-order valence-corrected chi connectivity index (χ0v) is 12.0. The number of rotatable bonds is 5. The molecule has 0 aromatic carbocycles. The lowest BCUT2D eigenvalue weighted by Gasteiger charge is -2.00. The molecule has 1 amide bonds. The van der Waals surface area contributed by atoms with Gasteiger partial charge in [0.1, 0.15) is 5.82 Å². The van der Waals surface area contributed by atoms with E-state index in [1.807, 2.05) is 25.6 Å². The topological polar surface area (TPSA) is 75.6 Å². The summed E-state index contributed by atoms with van der Waals surface area (Å²) in [5.74, 6) is 0.757. The van der Waals surface area contributed by atoms with Crippen molar-refractivity contribution in [3.05, 3.63) is 41.2 Å². The molecule has 0 radical (unpaired) electrons. The minimum Gasteiger partial charge on any atom is -0.352 e. The van der Waals surface area contributed by atoms with Gasteiger partial charge >= 0.3 is 0 Å². The van der Waals surface area contributed by atoms with Crippen LogP contribution in [0.4, 0.5) is 0 Å². The molecule has 20 heavy (non-hydrogen) atoms. The van der Waals surface area contributed by atoms with E-state index in [-0.39, 0.29) is 5.91 Å². The van der Waals surface area contributed by atoms with E-state index >= 15 is 0 Å². The first-order valence-electron chi connectivity index (χ1n) is 6.52. The largest absolute Gasteiger partial charge is 0.352 e. The van der Waals surface area contributed by atoms with E-state index in [9.17, 15) is 4.79 Å². The molecule has 0 bridgehead atoms. The first-order valence-corrected chi connectivity index (χ1v) is 6.52. The van der Waals surface area contributed by atoms with Crippen molar-refractivity contribution >= 4 is 12.0 Å². The van der Waals surface area contributed by atoms with Crippen LogP contribution in [0.1, 0.15) is 22.8 Å². The Balaban J connectivity index is 1.86. The van der Waals surface area contributed by atoms with Gasteiger partial charge in [-0.25, -0.2) is 4.98 Å². The fraction of sp³-hybridized carbons (Fsp3) is 0.357. The zero-order chi connectivity index (χ0) is 14.5. The normalized spacial score (nSPS) is 11.2. The van der Waals surface area contributed by atoms with Crippen molar-refractivity contribution in [1.29, 1.82) is 0 Å². The summed E-state index contributed by atoms with van der Waals surface area (Å²) < 4.78 is 1.81. The number of aromatic amines is 1. The van der Waals surface area contributed by atoms with Crippen LogP contribution in [0, 0.1) is 13.8 Å². The van der Waals surface area contributed by atoms with E-state index in [4.69, 9.17) is 0 Å². The SMILES string of the molecule is Cc1nn(C)c(C)c1/C=C/C(=O)NCCc1ncc[nH]1. The number of imidazole rings is 1. The van der Waals surface area contributed by atoms with Crippen molar-refractivity contribution in [2.45, 2.75) is 20.3 Å². The summed E-state index contributed by atoms with van der Waals surface area (Å²) in [6.45, 7) is 4.47.